The normalized spacial score (nSPS) is 17.0. The van der Waals surface area contributed by atoms with E-state index in [0.717, 1.165) is 29.7 Å². The summed E-state index contributed by atoms with van der Waals surface area (Å²) in [5.74, 6) is 0.158. The molecule has 3 rings (SSSR count). The Labute approximate surface area is 160 Å². The molecule has 1 saturated heterocycles. The lowest BCUT2D eigenvalue weighted by Crippen LogP contribution is -2.43. The number of rotatable bonds is 4. The van der Waals surface area contributed by atoms with Gasteiger partial charge in [-0.2, -0.15) is 0 Å². The van der Waals surface area contributed by atoms with Gasteiger partial charge in [0.2, 0.25) is 11.8 Å². The summed E-state index contributed by atoms with van der Waals surface area (Å²) in [5, 5.41) is 2.90. The van der Waals surface area contributed by atoms with Crippen LogP contribution in [0, 0.1) is 0 Å². The summed E-state index contributed by atoms with van der Waals surface area (Å²) in [6, 6.07) is 5.77. The Balaban J connectivity index is 1.57. The minimum absolute atomic E-state index is 0.0430. The van der Waals surface area contributed by atoms with E-state index in [1.807, 2.05) is 30.0 Å². The number of amides is 4. The number of likely N-dealkylation sites (N-methyl/N-ethyl adjacent to an activating group) is 1. The Kier molecular flexibility index (Phi) is 5.98. The number of carbonyl (C=O) groups excluding carboxylic acids is 3. The molecule has 0 radical (unpaired) electrons. The summed E-state index contributed by atoms with van der Waals surface area (Å²) >= 11 is 0. The molecule has 2 aliphatic rings. The Morgan fingerprint density at radius 1 is 1.11 bits per heavy atom. The van der Waals surface area contributed by atoms with Crippen molar-refractivity contribution < 1.29 is 14.4 Å². The molecule has 1 fully saturated rings. The molecule has 0 spiro atoms. The Bertz CT molecular complexity index is 734. The molecule has 2 heterocycles. The second kappa shape index (κ2) is 8.41. The number of nitrogens with one attached hydrogen (secondary N) is 1. The lowest BCUT2D eigenvalue weighted by atomic mass is 10.1. The molecular weight excluding hydrogens is 344 g/mol. The minimum atomic E-state index is -0.0430. The maximum absolute atomic E-state index is 12.7. The number of nitrogens with zero attached hydrogens (tertiary/aromatic N) is 3. The van der Waals surface area contributed by atoms with E-state index in [1.54, 1.807) is 16.8 Å². The van der Waals surface area contributed by atoms with E-state index in [0.29, 0.717) is 45.6 Å². The van der Waals surface area contributed by atoms with Crippen LogP contribution in [0.2, 0.25) is 0 Å². The molecule has 4 amide bonds. The van der Waals surface area contributed by atoms with Crippen LogP contribution in [0.25, 0.3) is 0 Å². The van der Waals surface area contributed by atoms with Gasteiger partial charge in [-0.05, 0) is 30.0 Å². The fraction of sp³-hybridized carbons (Fsp3) is 0.550. The van der Waals surface area contributed by atoms with E-state index in [-0.39, 0.29) is 17.8 Å². The molecule has 1 aromatic carbocycles. The van der Waals surface area contributed by atoms with Crippen molar-refractivity contribution in [2.24, 2.45) is 0 Å². The topological polar surface area (TPSA) is 73.0 Å². The molecule has 0 atom stereocenters. The summed E-state index contributed by atoms with van der Waals surface area (Å²) in [5.41, 5.74) is 2.85. The maximum atomic E-state index is 12.7. The molecule has 7 nitrogen and oxygen atoms in total. The summed E-state index contributed by atoms with van der Waals surface area (Å²) in [4.78, 5) is 42.0. The van der Waals surface area contributed by atoms with Gasteiger partial charge in [-0.25, -0.2) is 4.79 Å². The number of carbonyl (C=O) groups is 3. The van der Waals surface area contributed by atoms with Crippen LogP contribution in [-0.4, -0.2) is 67.4 Å². The summed E-state index contributed by atoms with van der Waals surface area (Å²) in [6.07, 6.45) is 2.42. The number of hydrogen-bond donors (Lipinski definition) is 1. The zero-order chi connectivity index (χ0) is 19.4. The summed E-state index contributed by atoms with van der Waals surface area (Å²) in [7, 11) is 1.78. The molecule has 1 aromatic rings. The van der Waals surface area contributed by atoms with Gasteiger partial charge in [0, 0.05) is 45.5 Å². The van der Waals surface area contributed by atoms with Crippen molar-refractivity contribution >= 4 is 23.5 Å². The highest BCUT2D eigenvalue weighted by atomic mass is 16.2. The molecule has 0 saturated carbocycles. The average Bonchev–Trinajstić information content (AvgIpc) is 2.83. The molecule has 0 aromatic heterocycles. The van der Waals surface area contributed by atoms with Crippen molar-refractivity contribution in [3.05, 3.63) is 29.3 Å². The van der Waals surface area contributed by atoms with Gasteiger partial charge in [-0.3, -0.25) is 9.59 Å². The van der Waals surface area contributed by atoms with Gasteiger partial charge < -0.3 is 20.0 Å². The van der Waals surface area contributed by atoms with Gasteiger partial charge in [0.25, 0.3) is 0 Å². The Morgan fingerprint density at radius 2 is 1.85 bits per heavy atom. The maximum Gasteiger partial charge on any atom is 0.317 e. The second-order valence-electron chi connectivity index (χ2n) is 7.22. The zero-order valence-electron chi connectivity index (χ0n) is 16.2. The molecule has 1 N–H and O–H groups in total. The molecule has 27 heavy (non-hydrogen) atoms. The molecule has 146 valence electrons. The first kappa shape index (κ1) is 19.2. The van der Waals surface area contributed by atoms with E-state index in [9.17, 15) is 14.4 Å². The molecule has 7 heteroatoms. The van der Waals surface area contributed by atoms with E-state index < -0.39 is 0 Å². The molecular formula is C20H28N4O3. The van der Waals surface area contributed by atoms with Gasteiger partial charge in [0.1, 0.15) is 0 Å². The van der Waals surface area contributed by atoms with E-state index in [4.69, 9.17) is 0 Å². The van der Waals surface area contributed by atoms with Gasteiger partial charge >= 0.3 is 6.03 Å². The fourth-order valence-corrected chi connectivity index (χ4v) is 3.63. The predicted octanol–water partition coefficient (Wildman–Crippen LogP) is 1.40. The third-order valence-corrected chi connectivity index (χ3v) is 5.24. The first-order chi connectivity index (χ1) is 13.0. The van der Waals surface area contributed by atoms with Crippen LogP contribution < -0.4 is 10.2 Å². The van der Waals surface area contributed by atoms with E-state index in [1.165, 1.54) is 0 Å². The number of fused-ring (bicyclic) bond motifs is 1. The number of urea groups is 1. The van der Waals surface area contributed by atoms with E-state index >= 15 is 0 Å². The van der Waals surface area contributed by atoms with Crippen LogP contribution in [0.5, 0.6) is 0 Å². The third kappa shape index (κ3) is 4.40. The predicted molar refractivity (Wildman–Crippen MR) is 104 cm³/mol. The lowest BCUT2D eigenvalue weighted by molar-refractivity contribution is -0.130. The van der Waals surface area contributed by atoms with Crippen LogP contribution in [-0.2, 0) is 22.4 Å². The average molecular weight is 372 g/mol. The van der Waals surface area contributed by atoms with Crippen molar-refractivity contribution in [1.29, 1.82) is 0 Å². The van der Waals surface area contributed by atoms with Crippen LogP contribution >= 0.6 is 0 Å². The number of anilines is 1. The highest BCUT2D eigenvalue weighted by Crippen LogP contribution is 2.28. The van der Waals surface area contributed by atoms with Crippen molar-refractivity contribution in [3.8, 4) is 0 Å². The highest BCUT2D eigenvalue weighted by Gasteiger charge is 2.25. The van der Waals surface area contributed by atoms with Crippen molar-refractivity contribution in [3.63, 3.8) is 0 Å². The van der Waals surface area contributed by atoms with Gasteiger partial charge in [0.15, 0.2) is 0 Å². The van der Waals surface area contributed by atoms with Crippen molar-refractivity contribution in [2.75, 3.05) is 44.7 Å². The zero-order valence-corrected chi connectivity index (χ0v) is 16.2. The Morgan fingerprint density at radius 3 is 2.63 bits per heavy atom. The van der Waals surface area contributed by atoms with E-state index in [2.05, 4.69) is 5.32 Å². The largest absolute Gasteiger partial charge is 0.341 e. The SMILES string of the molecule is CCCNC(=O)N1CCCN(C(=O)Cc2ccc3c(c2)CC(=O)N3C)CC1. The van der Waals surface area contributed by atoms with Crippen LogP contribution in [0.15, 0.2) is 18.2 Å². The van der Waals surface area contributed by atoms with Gasteiger partial charge in [-0.15, -0.1) is 0 Å². The molecule has 0 aliphatic carbocycles. The van der Waals surface area contributed by atoms with Crippen LogP contribution in [0.4, 0.5) is 10.5 Å². The minimum Gasteiger partial charge on any atom is -0.341 e. The van der Waals surface area contributed by atoms with Crippen molar-refractivity contribution in [1.82, 2.24) is 15.1 Å². The quantitative estimate of drug-likeness (QED) is 0.868. The fourth-order valence-electron chi connectivity index (χ4n) is 3.63. The Hall–Kier alpha value is -2.57. The smallest absolute Gasteiger partial charge is 0.317 e. The van der Waals surface area contributed by atoms with Gasteiger partial charge in [-0.1, -0.05) is 19.1 Å². The molecule has 2 aliphatic heterocycles. The third-order valence-electron chi connectivity index (χ3n) is 5.24. The molecule has 0 unspecified atom stereocenters. The number of hydrogen-bond acceptors (Lipinski definition) is 3. The standard InChI is InChI=1S/C20H28N4O3/c1-3-7-21-20(27)24-9-4-8-23(10-11-24)19(26)13-15-5-6-17-16(12-15)14-18(25)22(17)2/h5-6,12H,3-4,7-11,13-14H2,1-2H3,(H,21,27). The van der Waals surface area contributed by atoms with Crippen LogP contribution in [0.3, 0.4) is 0 Å². The first-order valence-corrected chi connectivity index (χ1v) is 9.68. The highest BCUT2D eigenvalue weighted by molar-refractivity contribution is 6.01. The summed E-state index contributed by atoms with van der Waals surface area (Å²) < 4.78 is 0. The van der Waals surface area contributed by atoms with Crippen LogP contribution in [0.1, 0.15) is 30.9 Å². The molecule has 0 bridgehead atoms. The van der Waals surface area contributed by atoms with Crippen molar-refractivity contribution in [2.45, 2.75) is 32.6 Å². The second-order valence-corrected chi connectivity index (χ2v) is 7.22. The van der Waals surface area contributed by atoms with Gasteiger partial charge in [0.05, 0.1) is 12.8 Å². The monoisotopic (exact) mass is 372 g/mol. The lowest BCUT2D eigenvalue weighted by Gasteiger charge is -2.22. The summed E-state index contributed by atoms with van der Waals surface area (Å²) in [6.45, 7) is 5.16. The first-order valence-electron chi connectivity index (χ1n) is 9.68. The number of benzene rings is 1.